The second-order valence-corrected chi connectivity index (χ2v) is 5.71. The number of fused-ring (bicyclic) bond motifs is 1. The summed E-state index contributed by atoms with van der Waals surface area (Å²) in [5.41, 5.74) is 2.75. The van der Waals surface area contributed by atoms with Crippen LogP contribution in [0.1, 0.15) is 23.7 Å². The minimum Gasteiger partial charge on any atom is -0.494 e. The van der Waals surface area contributed by atoms with Crippen molar-refractivity contribution in [2.45, 2.75) is 13.3 Å². The van der Waals surface area contributed by atoms with Gasteiger partial charge in [0.2, 0.25) is 0 Å². The van der Waals surface area contributed by atoms with Crippen LogP contribution in [0.3, 0.4) is 0 Å². The predicted octanol–water partition coefficient (Wildman–Crippen LogP) is 2.93. The first-order valence-corrected chi connectivity index (χ1v) is 8.35. The number of anilines is 1. The predicted molar refractivity (Wildman–Crippen MR) is 98.0 cm³/mol. The molecule has 0 N–H and O–H groups in total. The molecule has 0 unspecified atom stereocenters. The number of carbonyl (C=O) groups excluding carboxylic acids is 1. The van der Waals surface area contributed by atoms with Crippen LogP contribution in [0.2, 0.25) is 0 Å². The van der Waals surface area contributed by atoms with Gasteiger partial charge in [-0.2, -0.15) is 5.26 Å². The van der Waals surface area contributed by atoms with Crippen LogP contribution >= 0.6 is 0 Å². The first-order valence-electron chi connectivity index (χ1n) is 8.35. The number of ether oxygens (including phenoxy) is 1. The van der Waals surface area contributed by atoms with Gasteiger partial charge < -0.3 is 9.64 Å². The summed E-state index contributed by atoms with van der Waals surface area (Å²) in [4.78, 5) is 14.7. The molecular weight excluding hydrogens is 330 g/mol. The number of nitrogens with zero attached hydrogens (tertiary/aromatic N) is 5. The van der Waals surface area contributed by atoms with Gasteiger partial charge in [0, 0.05) is 24.8 Å². The smallest absolute Gasteiger partial charge is 0.258 e. The van der Waals surface area contributed by atoms with Crippen LogP contribution in [0.15, 0.2) is 42.5 Å². The molecule has 1 amide bonds. The lowest BCUT2D eigenvalue weighted by atomic mass is 10.1. The van der Waals surface area contributed by atoms with Gasteiger partial charge in [-0.1, -0.05) is 5.21 Å². The van der Waals surface area contributed by atoms with Crippen molar-refractivity contribution in [2.75, 3.05) is 18.1 Å². The van der Waals surface area contributed by atoms with Crippen molar-refractivity contribution >= 4 is 22.6 Å². The molecule has 0 aliphatic heterocycles. The molecule has 26 heavy (non-hydrogen) atoms. The lowest BCUT2D eigenvalue weighted by molar-refractivity contribution is 0.0987. The lowest BCUT2D eigenvalue weighted by Crippen LogP contribution is -2.31. The summed E-state index contributed by atoms with van der Waals surface area (Å²) in [6.07, 6.45) is 0.245. The Balaban J connectivity index is 1.93. The van der Waals surface area contributed by atoms with E-state index in [4.69, 9.17) is 10.00 Å². The summed E-state index contributed by atoms with van der Waals surface area (Å²) in [7, 11) is 1.78. The maximum absolute atomic E-state index is 13.1. The molecule has 7 nitrogen and oxygen atoms in total. The molecule has 3 aromatic rings. The maximum atomic E-state index is 13.1. The fourth-order valence-corrected chi connectivity index (χ4v) is 2.72. The number of aromatic nitrogens is 3. The van der Waals surface area contributed by atoms with Crippen molar-refractivity contribution in [3.05, 3.63) is 48.0 Å². The molecule has 1 aromatic heterocycles. The molecule has 1 heterocycles. The Kier molecular flexibility index (Phi) is 5.13. The quantitative estimate of drug-likeness (QED) is 0.683. The van der Waals surface area contributed by atoms with Crippen molar-refractivity contribution in [3.8, 4) is 11.8 Å². The van der Waals surface area contributed by atoms with Gasteiger partial charge in [-0.05, 0) is 49.4 Å². The molecule has 0 atom stereocenters. The first-order chi connectivity index (χ1) is 12.6. The Hall–Kier alpha value is -3.40. The van der Waals surface area contributed by atoms with E-state index in [1.165, 1.54) is 0 Å². The standard InChI is InChI=1S/C19H19N5O2/c1-3-26-16-8-6-15(7-9-16)24(12-4-11-20)19(25)14-5-10-17-18(13-14)23(2)22-21-17/h5-10,13H,3-4,12H2,1-2H3. The van der Waals surface area contributed by atoms with Crippen LogP contribution in [-0.4, -0.2) is 34.1 Å². The summed E-state index contributed by atoms with van der Waals surface area (Å²) in [5, 5.41) is 16.9. The van der Waals surface area contributed by atoms with E-state index in [9.17, 15) is 4.79 Å². The highest BCUT2D eigenvalue weighted by Gasteiger charge is 2.19. The fraction of sp³-hybridized carbons (Fsp3) is 0.263. The topological polar surface area (TPSA) is 84.0 Å². The molecule has 3 rings (SSSR count). The molecule has 0 spiro atoms. The van der Waals surface area contributed by atoms with Crippen LogP contribution < -0.4 is 9.64 Å². The first kappa shape index (κ1) is 17.4. The van der Waals surface area contributed by atoms with Gasteiger partial charge in [-0.15, -0.1) is 5.10 Å². The van der Waals surface area contributed by atoms with Crippen molar-refractivity contribution in [1.29, 1.82) is 5.26 Å². The molecule has 0 saturated carbocycles. The molecular formula is C19H19N5O2. The number of aryl methyl sites for hydroxylation is 1. The van der Waals surface area contributed by atoms with Crippen LogP contribution in [0.5, 0.6) is 5.75 Å². The molecule has 0 fully saturated rings. The van der Waals surface area contributed by atoms with Crippen LogP contribution in [0, 0.1) is 11.3 Å². The van der Waals surface area contributed by atoms with Gasteiger partial charge in [0.1, 0.15) is 11.3 Å². The van der Waals surface area contributed by atoms with E-state index in [0.717, 1.165) is 22.5 Å². The molecule has 7 heteroatoms. The SMILES string of the molecule is CCOc1ccc(N(CCC#N)C(=O)c2ccc3nnn(C)c3c2)cc1. The Labute approximate surface area is 151 Å². The summed E-state index contributed by atoms with van der Waals surface area (Å²) >= 11 is 0. The summed E-state index contributed by atoms with van der Waals surface area (Å²) in [6, 6.07) is 14.7. The lowest BCUT2D eigenvalue weighted by Gasteiger charge is -2.22. The largest absolute Gasteiger partial charge is 0.494 e. The third-order valence-corrected chi connectivity index (χ3v) is 4.01. The third kappa shape index (κ3) is 3.49. The highest BCUT2D eigenvalue weighted by molar-refractivity contribution is 6.07. The van der Waals surface area contributed by atoms with Crippen molar-refractivity contribution < 1.29 is 9.53 Å². The molecule has 0 aliphatic rings. The molecule has 0 radical (unpaired) electrons. The van der Waals surface area contributed by atoms with E-state index >= 15 is 0 Å². The van der Waals surface area contributed by atoms with E-state index < -0.39 is 0 Å². The normalized spacial score (nSPS) is 10.5. The van der Waals surface area contributed by atoms with E-state index in [0.29, 0.717) is 18.7 Å². The zero-order chi connectivity index (χ0) is 18.5. The second-order valence-electron chi connectivity index (χ2n) is 5.71. The van der Waals surface area contributed by atoms with Crippen molar-refractivity contribution in [2.24, 2.45) is 7.05 Å². The van der Waals surface area contributed by atoms with Gasteiger partial charge in [0.25, 0.3) is 5.91 Å². The zero-order valence-corrected chi connectivity index (χ0v) is 14.7. The number of rotatable bonds is 6. The molecule has 0 saturated heterocycles. The minimum absolute atomic E-state index is 0.174. The zero-order valence-electron chi connectivity index (χ0n) is 14.7. The van der Waals surface area contributed by atoms with Gasteiger partial charge >= 0.3 is 0 Å². The van der Waals surface area contributed by atoms with E-state index in [1.54, 1.807) is 34.8 Å². The van der Waals surface area contributed by atoms with E-state index in [-0.39, 0.29) is 12.3 Å². The summed E-state index contributed by atoms with van der Waals surface area (Å²) < 4.78 is 7.07. The van der Waals surface area contributed by atoms with Crippen LogP contribution in [-0.2, 0) is 7.05 Å². The number of hydrogen-bond donors (Lipinski definition) is 0. The van der Waals surface area contributed by atoms with E-state index in [1.807, 2.05) is 31.2 Å². The maximum Gasteiger partial charge on any atom is 0.258 e. The van der Waals surface area contributed by atoms with Gasteiger partial charge in [0.05, 0.1) is 24.6 Å². The number of hydrogen-bond acceptors (Lipinski definition) is 5. The Morgan fingerprint density at radius 2 is 2.04 bits per heavy atom. The number of benzene rings is 2. The third-order valence-electron chi connectivity index (χ3n) is 4.01. The second kappa shape index (κ2) is 7.66. The Morgan fingerprint density at radius 1 is 1.27 bits per heavy atom. The van der Waals surface area contributed by atoms with E-state index in [2.05, 4.69) is 16.4 Å². The highest BCUT2D eigenvalue weighted by Crippen LogP contribution is 2.23. The fourth-order valence-electron chi connectivity index (χ4n) is 2.72. The molecule has 0 bridgehead atoms. The monoisotopic (exact) mass is 349 g/mol. The minimum atomic E-state index is -0.174. The molecule has 132 valence electrons. The van der Waals surface area contributed by atoms with Crippen molar-refractivity contribution in [3.63, 3.8) is 0 Å². The van der Waals surface area contributed by atoms with Gasteiger partial charge in [-0.3, -0.25) is 4.79 Å². The molecule has 0 aliphatic carbocycles. The van der Waals surface area contributed by atoms with Gasteiger partial charge in [-0.25, -0.2) is 4.68 Å². The van der Waals surface area contributed by atoms with Crippen LogP contribution in [0.4, 0.5) is 5.69 Å². The summed E-state index contributed by atoms with van der Waals surface area (Å²) in [6.45, 7) is 2.81. The average molecular weight is 349 g/mol. The average Bonchev–Trinajstić information content (AvgIpc) is 3.04. The van der Waals surface area contributed by atoms with Crippen LogP contribution in [0.25, 0.3) is 11.0 Å². The van der Waals surface area contributed by atoms with Crippen molar-refractivity contribution in [1.82, 2.24) is 15.0 Å². The van der Waals surface area contributed by atoms with Gasteiger partial charge in [0.15, 0.2) is 0 Å². The molecule has 2 aromatic carbocycles. The number of amides is 1. The Morgan fingerprint density at radius 3 is 2.73 bits per heavy atom. The number of carbonyl (C=O) groups is 1. The summed E-state index contributed by atoms with van der Waals surface area (Å²) in [5.74, 6) is 0.568. The number of nitriles is 1. The Bertz CT molecular complexity index is 956. The highest BCUT2D eigenvalue weighted by atomic mass is 16.5.